The Balaban J connectivity index is 1.72. The van der Waals surface area contributed by atoms with Crippen LogP contribution in [0.3, 0.4) is 0 Å². The van der Waals surface area contributed by atoms with E-state index in [0.717, 1.165) is 24.2 Å². The van der Waals surface area contributed by atoms with E-state index in [0.29, 0.717) is 12.7 Å². The minimum absolute atomic E-state index is 0.194. The van der Waals surface area contributed by atoms with Crippen molar-refractivity contribution in [2.24, 2.45) is 5.92 Å². The largest absolute Gasteiger partial charge is 0.508 e. The number of nitrogens with one attached hydrogen (secondary N) is 1. The van der Waals surface area contributed by atoms with Crippen LogP contribution in [-0.4, -0.2) is 24.8 Å². The van der Waals surface area contributed by atoms with Crippen LogP contribution in [0.25, 0.3) is 5.76 Å². The number of rotatable bonds is 5. The SMILES string of the molecule is C=C(O)c1cccc2c1CB(/C=C/CC1CCCCC1)C(NC)C2. The molecule has 0 aromatic heterocycles. The Labute approximate surface area is 147 Å². The van der Waals surface area contributed by atoms with E-state index in [4.69, 9.17) is 0 Å². The fraction of sp³-hybridized carbons (Fsp3) is 0.524. The highest BCUT2D eigenvalue weighted by atomic mass is 16.3. The number of aliphatic hydroxyl groups is 1. The lowest BCUT2D eigenvalue weighted by Gasteiger charge is -2.30. The van der Waals surface area contributed by atoms with Crippen molar-refractivity contribution in [3.05, 3.63) is 53.5 Å². The number of hydrogen-bond acceptors (Lipinski definition) is 2. The predicted molar refractivity (Wildman–Crippen MR) is 104 cm³/mol. The minimum atomic E-state index is 0.194. The molecule has 1 fully saturated rings. The van der Waals surface area contributed by atoms with E-state index >= 15 is 0 Å². The Morgan fingerprint density at radius 2 is 2.12 bits per heavy atom. The molecule has 2 nitrogen and oxygen atoms in total. The third kappa shape index (κ3) is 3.95. The summed E-state index contributed by atoms with van der Waals surface area (Å²) in [6.07, 6.45) is 12.7. The number of fused-ring (bicyclic) bond motifs is 1. The van der Waals surface area contributed by atoms with E-state index in [9.17, 15) is 5.11 Å². The standard InChI is InChI=1S/C21H30BNO/c1-16(24)19-12-6-11-18-14-21(23-2)22(15-20(18)19)13-7-10-17-8-4-3-5-9-17/h6-7,11-13,17,21,23-24H,1,3-5,8-10,14-15H2,2H3/b13-7+. The van der Waals surface area contributed by atoms with Gasteiger partial charge in [-0.3, -0.25) is 0 Å². The van der Waals surface area contributed by atoms with E-state index < -0.39 is 0 Å². The first-order valence-corrected chi connectivity index (χ1v) is 9.52. The van der Waals surface area contributed by atoms with Crippen LogP contribution in [0.15, 0.2) is 36.8 Å². The Bertz CT molecular complexity index is 604. The van der Waals surface area contributed by atoms with Gasteiger partial charge >= 0.3 is 0 Å². The quantitative estimate of drug-likeness (QED) is 0.616. The zero-order chi connectivity index (χ0) is 16.9. The molecule has 3 heteroatoms. The first kappa shape index (κ1) is 17.4. The van der Waals surface area contributed by atoms with Crippen molar-refractivity contribution in [1.29, 1.82) is 0 Å². The molecule has 24 heavy (non-hydrogen) atoms. The molecule has 0 amide bonds. The van der Waals surface area contributed by atoms with Crippen molar-refractivity contribution in [3.8, 4) is 0 Å². The molecule has 128 valence electrons. The monoisotopic (exact) mass is 323 g/mol. The van der Waals surface area contributed by atoms with Crippen LogP contribution in [0.5, 0.6) is 0 Å². The van der Waals surface area contributed by atoms with Gasteiger partial charge < -0.3 is 10.4 Å². The second-order valence-electron chi connectivity index (χ2n) is 7.53. The Kier molecular flexibility index (Phi) is 5.83. The number of likely N-dealkylation sites (N-methyl/N-ethyl adjacent to an activating group) is 1. The summed E-state index contributed by atoms with van der Waals surface area (Å²) in [5, 5.41) is 13.4. The second-order valence-corrected chi connectivity index (χ2v) is 7.53. The fourth-order valence-electron chi connectivity index (χ4n) is 4.49. The molecule has 1 aromatic rings. The average molecular weight is 323 g/mol. The third-order valence-corrected chi connectivity index (χ3v) is 5.93. The molecule has 3 rings (SSSR count). The first-order valence-electron chi connectivity index (χ1n) is 9.52. The zero-order valence-corrected chi connectivity index (χ0v) is 14.9. The van der Waals surface area contributed by atoms with Crippen molar-refractivity contribution in [2.45, 2.75) is 57.2 Å². The molecule has 1 aliphatic carbocycles. The van der Waals surface area contributed by atoms with Gasteiger partial charge in [-0.15, -0.1) is 5.98 Å². The van der Waals surface area contributed by atoms with E-state index in [1.165, 1.54) is 49.7 Å². The van der Waals surface area contributed by atoms with E-state index in [1.807, 2.05) is 12.1 Å². The molecule has 1 aliphatic heterocycles. The lowest BCUT2D eigenvalue weighted by molar-refractivity contribution is 0.361. The van der Waals surface area contributed by atoms with Crippen molar-refractivity contribution < 1.29 is 5.11 Å². The Hall–Kier alpha value is -1.48. The Morgan fingerprint density at radius 3 is 2.83 bits per heavy atom. The molecule has 0 radical (unpaired) electrons. The maximum atomic E-state index is 9.91. The number of hydrogen-bond donors (Lipinski definition) is 2. The second kappa shape index (κ2) is 8.07. The van der Waals surface area contributed by atoms with Gasteiger partial charge in [-0.05, 0) is 49.2 Å². The highest BCUT2D eigenvalue weighted by Gasteiger charge is 2.30. The molecule has 1 atom stereocenters. The van der Waals surface area contributed by atoms with E-state index in [-0.39, 0.29) is 5.76 Å². The molecule has 1 unspecified atom stereocenters. The van der Waals surface area contributed by atoms with Gasteiger partial charge in [-0.25, -0.2) is 0 Å². The van der Waals surface area contributed by atoms with Crippen LogP contribution in [0, 0.1) is 5.92 Å². The van der Waals surface area contributed by atoms with Crippen LogP contribution in [0.1, 0.15) is 55.2 Å². The van der Waals surface area contributed by atoms with Crippen molar-refractivity contribution in [3.63, 3.8) is 0 Å². The molecule has 1 heterocycles. The summed E-state index contributed by atoms with van der Waals surface area (Å²) in [6, 6.07) is 6.21. The molecule has 0 bridgehead atoms. The van der Waals surface area contributed by atoms with Crippen molar-refractivity contribution in [2.75, 3.05) is 7.05 Å². The lowest BCUT2D eigenvalue weighted by atomic mass is 9.37. The number of benzene rings is 1. The topological polar surface area (TPSA) is 32.3 Å². The predicted octanol–water partition coefficient (Wildman–Crippen LogP) is 4.54. The molecular weight excluding hydrogens is 293 g/mol. The minimum Gasteiger partial charge on any atom is -0.508 e. The number of allylic oxidation sites excluding steroid dienone is 1. The van der Waals surface area contributed by atoms with Gasteiger partial charge in [0.2, 0.25) is 0 Å². The molecule has 1 aromatic carbocycles. The molecule has 2 aliphatic rings. The van der Waals surface area contributed by atoms with Gasteiger partial charge in [0, 0.05) is 5.56 Å². The molecule has 0 spiro atoms. The summed E-state index contributed by atoms with van der Waals surface area (Å²) >= 11 is 0. The highest BCUT2D eigenvalue weighted by Crippen LogP contribution is 2.29. The molecule has 2 N–H and O–H groups in total. The first-order chi connectivity index (χ1) is 11.7. The summed E-state index contributed by atoms with van der Waals surface area (Å²) < 4.78 is 0. The number of aliphatic hydroxyl groups excluding tert-OH is 1. The molecule has 1 saturated carbocycles. The van der Waals surface area contributed by atoms with Gasteiger partial charge in [-0.2, -0.15) is 0 Å². The van der Waals surface area contributed by atoms with Gasteiger partial charge in [0.15, 0.2) is 6.71 Å². The van der Waals surface area contributed by atoms with E-state index in [1.54, 1.807) is 0 Å². The summed E-state index contributed by atoms with van der Waals surface area (Å²) in [4.78, 5) is 0. The van der Waals surface area contributed by atoms with Gasteiger partial charge in [0.05, 0.1) is 0 Å². The fourth-order valence-corrected chi connectivity index (χ4v) is 4.49. The van der Waals surface area contributed by atoms with Gasteiger partial charge in [-0.1, -0.05) is 63.0 Å². The molecule has 0 saturated heterocycles. The highest BCUT2D eigenvalue weighted by molar-refractivity contribution is 6.65. The smallest absolute Gasteiger partial charge is 0.189 e. The third-order valence-electron chi connectivity index (χ3n) is 5.93. The molecular formula is C21H30BNO. The normalized spacial score (nSPS) is 21.9. The summed E-state index contributed by atoms with van der Waals surface area (Å²) in [6.45, 7) is 4.24. The summed E-state index contributed by atoms with van der Waals surface area (Å²) in [5.41, 5.74) is 3.55. The van der Waals surface area contributed by atoms with Crippen molar-refractivity contribution >= 4 is 12.5 Å². The average Bonchev–Trinajstić information content (AvgIpc) is 2.61. The van der Waals surface area contributed by atoms with Gasteiger partial charge in [0.25, 0.3) is 0 Å². The zero-order valence-electron chi connectivity index (χ0n) is 14.9. The van der Waals surface area contributed by atoms with Crippen LogP contribution in [0.4, 0.5) is 0 Å². The maximum absolute atomic E-state index is 9.91. The van der Waals surface area contributed by atoms with Crippen LogP contribution in [-0.2, 0) is 12.7 Å². The van der Waals surface area contributed by atoms with Gasteiger partial charge in [0.1, 0.15) is 5.76 Å². The summed E-state index contributed by atoms with van der Waals surface area (Å²) in [7, 11) is 2.06. The van der Waals surface area contributed by atoms with Crippen molar-refractivity contribution in [1.82, 2.24) is 5.32 Å². The summed E-state index contributed by atoms with van der Waals surface area (Å²) in [5.74, 6) is 3.99. The van der Waals surface area contributed by atoms with Crippen LogP contribution >= 0.6 is 0 Å². The Morgan fingerprint density at radius 1 is 1.33 bits per heavy atom. The van der Waals surface area contributed by atoms with E-state index in [2.05, 4.69) is 37.1 Å². The van der Waals surface area contributed by atoms with Crippen LogP contribution < -0.4 is 5.32 Å². The maximum Gasteiger partial charge on any atom is 0.189 e. The lowest BCUT2D eigenvalue weighted by Crippen LogP contribution is -2.46. The van der Waals surface area contributed by atoms with Crippen LogP contribution in [0.2, 0.25) is 0 Å².